The van der Waals surface area contributed by atoms with Gasteiger partial charge in [-0.3, -0.25) is 19.1 Å². The summed E-state index contributed by atoms with van der Waals surface area (Å²) in [6.45, 7) is 1.95. The zero-order valence-electron chi connectivity index (χ0n) is 18.5. The van der Waals surface area contributed by atoms with Gasteiger partial charge in [0, 0.05) is 37.3 Å². The third-order valence-electron chi connectivity index (χ3n) is 6.94. The van der Waals surface area contributed by atoms with Gasteiger partial charge in [0.25, 0.3) is 5.56 Å². The fourth-order valence-electron chi connectivity index (χ4n) is 5.19. The molecule has 2 atom stereocenters. The molecule has 1 aromatic carbocycles. The molecule has 0 bridgehead atoms. The lowest BCUT2D eigenvalue weighted by Gasteiger charge is -2.31. The molecule has 1 amide bonds. The highest BCUT2D eigenvalue weighted by atomic mass is 16.3. The minimum absolute atomic E-state index is 0.0683. The number of aryl methyl sites for hydroxylation is 2. The van der Waals surface area contributed by atoms with Gasteiger partial charge in [-0.05, 0) is 49.4 Å². The van der Waals surface area contributed by atoms with Crippen LogP contribution in [0.2, 0.25) is 0 Å². The van der Waals surface area contributed by atoms with Gasteiger partial charge in [0.05, 0.1) is 35.1 Å². The standard InChI is InChI=1S/C25H28N4O3/c1-15-7-8-16(13-26-15)11-17-12-19-23(18-9-10-22(31)28(2)24(17)18)27-14-29(25(19)32)20-5-3-4-6-21(20)30/h7-8,12-14,20-21,30H,3-6,9-11H2,1-2H3/t20-,21-/m0/s1. The summed E-state index contributed by atoms with van der Waals surface area (Å²) in [5.74, 6) is 0.0683. The number of carbonyl (C=O) groups excluding carboxylic acids is 1. The normalized spacial score (nSPS) is 21.1. The van der Waals surface area contributed by atoms with Crippen LogP contribution >= 0.6 is 0 Å². The van der Waals surface area contributed by atoms with Crippen molar-refractivity contribution in [3.05, 3.63) is 63.5 Å². The molecule has 7 nitrogen and oxygen atoms in total. The van der Waals surface area contributed by atoms with Gasteiger partial charge in [-0.15, -0.1) is 0 Å². The molecule has 1 fully saturated rings. The largest absolute Gasteiger partial charge is 0.391 e. The molecule has 0 radical (unpaired) electrons. The van der Waals surface area contributed by atoms with E-state index < -0.39 is 6.10 Å². The van der Waals surface area contributed by atoms with Crippen molar-refractivity contribution in [3.63, 3.8) is 0 Å². The van der Waals surface area contributed by atoms with Gasteiger partial charge >= 0.3 is 0 Å². The van der Waals surface area contributed by atoms with E-state index in [1.54, 1.807) is 22.8 Å². The molecule has 0 spiro atoms. The zero-order valence-corrected chi connectivity index (χ0v) is 18.5. The molecule has 0 saturated heterocycles. The number of amides is 1. The van der Waals surface area contributed by atoms with Gasteiger partial charge in [0.1, 0.15) is 0 Å². The molecule has 3 aromatic rings. The van der Waals surface area contributed by atoms with Crippen molar-refractivity contribution in [1.29, 1.82) is 0 Å². The van der Waals surface area contributed by atoms with E-state index in [2.05, 4.69) is 9.97 Å². The molecule has 1 N–H and O–H groups in total. The summed E-state index contributed by atoms with van der Waals surface area (Å²) < 4.78 is 1.62. The summed E-state index contributed by atoms with van der Waals surface area (Å²) in [6, 6.07) is 5.66. The lowest BCUT2D eigenvalue weighted by molar-refractivity contribution is -0.118. The first-order valence-corrected chi connectivity index (χ1v) is 11.4. The highest BCUT2D eigenvalue weighted by Gasteiger charge is 2.30. The zero-order chi connectivity index (χ0) is 22.4. The molecular weight excluding hydrogens is 404 g/mol. The number of hydrogen-bond donors (Lipinski definition) is 1. The van der Waals surface area contributed by atoms with Crippen molar-refractivity contribution in [2.24, 2.45) is 0 Å². The lowest BCUT2D eigenvalue weighted by atomic mass is 9.91. The molecule has 5 rings (SSSR count). The topological polar surface area (TPSA) is 88.3 Å². The summed E-state index contributed by atoms with van der Waals surface area (Å²) in [6.07, 6.45) is 7.91. The highest BCUT2D eigenvalue weighted by molar-refractivity contribution is 6.01. The van der Waals surface area contributed by atoms with Crippen molar-refractivity contribution in [2.75, 3.05) is 11.9 Å². The monoisotopic (exact) mass is 432 g/mol. The van der Waals surface area contributed by atoms with Crippen molar-refractivity contribution < 1.29 is 9.90 Å². The van der Waals surface area contributed by atoms with Crippen molar-refractivity contribution in [3.8, 4) is 0 Å². The quantitative estimate of drug-likeness (QED) is 0.687. The summed E-state index contributed by atoms with van der Waals surface area (Å²) in [5, 5.41) is 11.1. The molecule has 32 heavy (non-hydrogen) atoms. The molecular formula is C25H28N4O3. The molecule has 1 aliphatic carbocycles. The minimum Gasteiger partial charge on any atom is -0.391 e. The van der Waals surface area contributed by atoms with Crippen LogP contribution in [0.15, 0.2) is 35.5 Å². The third-order valence-corrected chi connectivity index (χ3v) is 6.94. The van der Waals surface area contributed by atoms with E-state index in [-0.39, 0.29) is 17.5 Å². The Balaban J connectivity index is 1.70. The van der Waals surface area contributed by atoms with Crippen LogP contribution in [0.3, 0.4) is 0 Å². The highest BCUT2D eigenvalue weighted by Crippen LogP contribution is 2.37. The second kappa shape index (κ2) is 8.13. The fourth-order valence-corrected chi connectivity index (χ4v) is 5.19. The minimum atomic E-state index is -0.528. The molecule has 1 aliphatic heterocycles. The van der Waals surface area contributed by atoms with Crippen molar-refractivity contribution >= 4 is 22.5 Å². The van der Waals surface area contributed by atoms with Gasteiger partial charge in [-0.25, -0.2) is 4.98 Å². The first kappa shape index (κ1) is 20.8. The molecule has 0 unspecified atom stereocenters. The Morgan fingerprint density at radius 1 is 1.12 bits per heavy atom. The van der Waals surface area contributed by atoms with Gasteiger partial charge < -0.3 is 10.0 Å². The Hall–Kier alpha value is -3.06. The number of aromatic nitrogens is 3. The molecule has 1 saturated carbocycles. The van der Waals surface area contributed by atoms with Gasteiger partial charge in [-0.2, -0.15) is 0 Å². The van der Waals surface area contributed by atoms with Crippen molar-refractivity contribution in [2.45, 2.75) is 64.0 Å². The predicted octanol–water partition coefficient (Wildman–Crippen LogP) is 3.08. The number of fused-ring (bicyclic) bond motifs is 3. The van der Waals surface area contributed by atoms with Crippen LogP contribution in [0, 0.1) is 6.92 Å². The van der Waals surface area contributed by atoms with Crippen LogP contribution in [-0.4, -0.2) is 38.7 Å². The van der Waals surface area contributed by atoms with Gasteiger partial charge in [0.2, 0.25) is 5.91 Å². The van der Waals surface area contributed by atoms with Crippen LogP contribution < -0.4 is 10.5 Å². The maximum atomic E-state index is 13.6. The average Bonchev–Trinajstić information content (AvgIpc) is 2.79. The SMILES string of the molecule is Cc1ccc(Cc2cc3c(=O)n([C@H]4CCCC[C@@H]4O)cnc3c3c2N(C)C(=O)CC3)cn1. The molecule has 2 aliphatic rings. The van der Waals surface area contributed by atoms with Crippen LogP contribution in [0.25, 0.3) is 10.9 Å². The first-order chi connectivity index (χ1) is 15.4. The maximum Gasteiger partial charge on any atom is 0.261 e. The number of aliphatic hydroxyl groups is 1. The number of rotatable bonds is 3. The Morgan fingerprint density at radius 2 is 1.94 bits per heavy atom. The number of nitrogens with zero attached hydrogens (tertiary/aromatic N) is 4. The van der Waals surface area contributed by atoms with E-state index >= 15 is 0 Å². The number of anilines is 1. The number of pyridine rings is 1. The van der Waals surface area contributed by atoms with E-state index in [1.807, 2.05) is 31.3 Å². The fraction of sp³-hybridized carbons (Fsp3) is 0.440. The number of carbonyl (C=O) groups is 1. The van der Waals surface area contributed by atoms with Crippen LogP contribution in [0.1, 0.15) is 60.5 Å². The van der Waals surface area contributed by atoms with E-state index in [0.29, 0.717) is 36.6 Å². The van der Waals surface area contributed by atoms with E-state index in [1.165, 1.54) is 0 Å². The third kappa shape index (κ3) is 3.50. The Kier molecular flexibility index (Phi) is 5.29. The van der Waals surface area contributed by atoms with E-state index in [9.17, 15) is 14.7 Å². The van der Waals surface area contributed by atoms with Gasteiger partial charge in [-0.1, -0.05) is 18.9 Å². The average molecular weight is 433 g/mol. The summed E-state index contributed by atoms with van der Waals surface area (Å²) in [4.78, 5) is 36.9. The lowest BCUT2D eigenvalue weighted by Crippen LogP contribution is -2.36. The van der Waals surface area contributed by atoms with Crippen molar-refractivity contribution in [1.82, 2.24) is 14.5 Å². The predicted molar refractivity (Wildman–Crippen MR) is 123 cm³/mol. The Bertz CT molecular complexity index is 1250. The summed E-state index contributed by atoms with van der Waals surface area (Å²) >= 11 is 0. The number of benzene rings is 1. The van der Waals surface area contributed by atoms with E-state index in [0.717, 1.165) is 47.3 Å². The number of aliphatic hydroxyl groups excluding tert-OH is 1. The maximum absolute atomic E-state index is 13.6. The Labute approximate surface area is 186 Å². The van der Waals surface area contributed by atoms with Crippen LogP contribution in [0.4, 0.5) is 5.69 Å². The summed E-state index contributed by atoms with van der Waals surface area (Å²) in [5.41, 5.74) is 5.25. The second-order valence-electron chi connectivity index (χ2n) is 9.07. The molecule has 166 valence electrons. The van der Waals surface area contributed by atoms with Crippen LogP contribution in [-0.2, 0) is 17.6 Å². The second-order valence-corrected chi connectivity index (χ2v) is 9.07. The van der Waals surface area contributed by atoms with E-state index in [4.69, 9.17) is 0 Å². The molecule has 7 heteroatoms. The van der Waals surface area contributed by atoms with Gasteiger partial charge in [0.15, 0.2) is 0 Å². The number of hydrogen-bond acceptors (Lipinski definition) is 5. The van der Waals surface area contributed by atoms with Crippen LogP contribution in [0.5, 0.6) is 0 Å². The Morgan fingerprint density at radius 3 is 2.69 bits per heavy atom. The molecule has 2 aromatic heterocycles. The summed E-state index contributed by atoms with van der Waals surface area (Å²) in [7, 11) is 1.79. The smallest absolute Gasteiger partial charge is 0.261 e. The molecule has 3 heterocycles. The first-order valence-electron chi connectivity index (χ1n) is 11.4.